The van der Waals surface area contributed by atoms with Crippen LogP contribution in [0.15, 0.2) is 30.3 Å². The van der Waals surface area contributed by atoms with Crippen molar-refractivity contribution in [1.82, 2.24) is 9.97 Å². The minimum Gasteiger partial charge on any atom is -0.435 e. The molecule has 1 aromatic heterocycles. The Morgan fingerprint density at radius 3 is 2.47 bits per heavy atom. The molecule has 0 unspecified atom stereocenters. The molecule has 1 heterocycles. The first-order valence-electron chi connectivity index (χ1n) is 5.46. The number of aromatic nitrogens is 2. The third-order valence-corrected chi connectivity index (χ3v) is 2.21. The van der Waals surface area contributed by atoms with E-state index in [4.69, 9.17) is 5.73 Å². The van der Waals surface area contributed by atoms with Crippen LogP contribution in [0, 0.1) is 6.92 Å². The van der Waals surface area contributed by atoms with Gasteiger partial charge in [0.05, 0.1) is 0 Å². The van der Waals surface area contributed by atoms with Crippen molar-refractivity contribution < 1.29 is 13.5 Å². The SMILES string of the molecule is Cc1nc(N)cc(Nc2ccc(OC(F)F)cc2)n1. The Balaban J connectivity index is 2.10. The fourth-order valence-electron chi connectivity index (χ4n) is 1.52. The lowest BCUT2D eigenvalue weighted by Crippen LogP contribution is -2.02. The molecule has 0 aliphatic heterocycles. The van der Waals surface area contributed by atoms with Gasteiger partial charge < -0.3 is 15.8 Å². The van der Waals surface area contributed by atoms with E-state index in [1.165, 1.54) is 12.1 Å². The maximum absolute atomic E-state index is 12.0. The molecule has 5 nitrogen and oxygen atoms in total. The normalized spacial score (nSPS) is 10.5. The molecule has 19 heavy (non-hydrogen) atoms. The van der Waals surface area contributed by atoms with Crippen LogP contribution in [0.5, 0.6) is 5.75 Å². The first-order valence-corrected chi connectivity index (χ1v) is 5.46. The lowest BCUT2D eigenvalue weighted by molar-refractivity contribution is -0.0498. The quantitative estimate of drug-likeness (QED) is 0.890. The van der Waals surface area contributed by atoms with E-state index in [9.17, 15) is 8.78 Å². The molecule has 0 saturated heterocycles. The van der Waals surface area contributed by atoms with Crippen molar-refractivity contribution in [2.24, 2.45) is 0 Å². The third kappa shape index (κ3) is 3.77. The standard InChI is InChI=1S/C12H12F2N4O/c1-7-16-10(15)6-11(17-7)18-8-2-4-9(5-3-8)19-12(13)14/h2-6,12H,1H3,(H3,15,16,17,18). The number of hydrogen-bond acceptors (Lipinski definition) is 5. The molecule has 0 fully saturated rings. The van der Waals surface area contributed by atoms with Crippen LogP contribution in [0.25, 0.3) is 0 Å². The minimum absolute atomic E-state index is 0.0962. The molecular weight excluding hydrogens is 254 g/mol. The van der Waals surface area contributed by atoms with E-state index in [-0.39, 0.29) is 5.75 Å². The predicted octanol–water partition coefficient (Wildman–Crippen LogP) is 2.71. The number of nitrogens with one attached hydrogen (secondary N) is 1. The fraction of sp³-hybridized carbons (Fsp3) is 0.167. The molecule has 0 amide bonds. The summed E-state index contributed by atoms with van der Waals surface area (Å²) in [5, 5.41) is 2.99. The van der Waals surface area contributed by atoms with Gasteiger partial charge >= 0.3 is 6.61 Å². The lowest BCUT2D eigenvalue weighted by atomic mass is 10.3. The van der Waals surface area contributed by atoms with Gasteiger partial charge in [0.1, 0.15) is 23.2 Å². The van der Waals surface area contributed by atoms with Gasteiger partial charge in [0, 0.05) is 11.8 Å². The van der Waals surface area contributed by atoms with E-state index < -0.39 is 6.61 Å². The number of ether oxygens (including phenoxy) is 1. The number of nitrogens with zero attached hydrogens (tertiary/aromatic N) is 2. The summed E-state index contributed by atoms with van der Waals surface area (Å²) >= 11 is 0. The predicted molar refractivity (Wildman–Crippen MR) is 67.5 cm³/mol. The molecule has 100 valence electrons. The molecule has 0 aliphatic carbocycles. The summed E-state index contributed by atoms with van der Waals surface area (Å²) in [7, 11) is 0. The van der Waals surface area contributed by atoms with Gasteiger partial charge in [-0.3, -0.25) is 0 Å². The van der Waals surface area contributed by atoms with Crippen LogP contribution < -0.4 is 15.8 Å². The fourth-order valence-corrected chi connectivity index (χ4v) is 1.52. The van der Waals surface area contributed by atoms with Crippen molar-refractivity contribution in [2.45, 2.75) is 13.5 Å². The molecule has 2 aromatic rings. The molecule has 3 N–H and O–H groups in total. The van der Waals surface area contributed by atoms with E-state index in [1.54, 1.807) is 25.1 Å². The number of nitrogens with two attached hydrogens (primary N) is 1. The molecule has 1 aromatic carbocycles. The highest BCUT2D eigenvalue weighted by atomic mass is 19.3. The zero-order valence-electron chi connectivity index (χ0n) is 10.1. The van der Waals surface area contributed by atoms with Gasteiger partial charge in [0.2, 0.25) is 0 Å². The molecule has 0 saturated carbocycles. The number of anilines is 3. The number of nitrogen functional groups attached to an aromatic ring is 1. The number of hydrogen-bond donors (Lipinski definition) is 2. The van der Waals surface area contributed by atoms with Crippen LogP contribution in [-0.4, -0.2) is 16.6 Å². The first kappa shape index (κ1) is 13.0. The zero-order valence-corrected chi connectivity index (χ0v) is 10.1. The molecular formula is C12H12F2N4O. The van der Waals surface area contributed by atoms with Gasteiger partial charge in [-0.05, 0) is 31.2 Å². The van der Waals surface area contributed by atoms with Crippen molar-refractivity contribution >= 4 is 17.3 Å². The van der Waals surface area contributed by atoms with Crippen LogP contribution in [0.2, 0.25) is 0 Å². The minimum atomic E-state index is -2.83. The number of aryl methyl sites for hydroxylation is 1. The molecule has 0 bridgehead atoms. The van der Waals surface area contributed by atoms with E-state index in [1.807, 2.05) is 0 Å². The van der Waals surface area contributed by atoms with Gasteiger partial charge in [0.25, 0.3) is 0 Å². The Bertz CT molecular complexity index is 540. The molecule has 0 atom stereocenters. The van der Waals surface area contributed by atoms with Crippen LogP contribution in [-0.2, 0) is 0 Å². The summed E-state index contributed by atoms with van der Waals surface area (Å²) in [6, 6.07) is 7.66. The number of halogens is 2. The summed E-state index contributed by atoms with van der Waals surface area (Å²) in [5.74, 6) is 1.53. The summed E-state index contributed by atoms with van der Waals surface area (Å²) in [5.41, 5.74) is 6.28. The van der Waals surface area contributed by atoms with Gasteiger partial charge in [-0.25, -0.2) is 9.97 Å². The van der Waals surface area contributed by atoms with E-state index in [0.717, 1.165) is 0 Å². The van der Waals surface area contributed by atoms with Crippen LogP contribution in [0.1, 0.15) is 5.82 Å². The van der Waals surface area contributed by atoms with Crippen molar-refractivity contribution in [1.29, 1.82) is 0 Å². The van der Waals surface area contributed by atoms with Crippen molar-refractivity contribution in [2.75, 3.05) is 11.1 Å². The summed E-state index contributed by atoms with van der Waals surface area (Å²) < 4.78 is 28.2. The van der Waals surface area contributed by atoms with Crippen LogP contribution in [0.4, 0.5) is 26.1 Å². The summed E-state index contributed by atoms with van der Waals surface area (Å²) in [6.45, 7) is -1.11. The maximum Gasteiger partial charge on any atom is 0.387 e. The highest BCUT2D eigenvalue weighted by Crippen LogP contribution is 2.20. The number of benzene rings is 1. The summed E-state index contributed by atoms with van der Waals surface area (Å²) in [4.78, 5) is 8.09. The highest BCUT2D eigenvalue weighted by Gasteiger charge is 2.04. The van der Waals surface area contributed by atoms with Crippen LogP contribution in [0.3, 0.4) is 0 Å². The van der Waals surface area contributed by atoms with Gasteiger partial charge in [-0.15, -0.1) is 0 Å². The Kier molecular flexibility index (Phi) is 3.74. The Morgan fingerprint density at radius 2 is 1.89 bits per heavy atom. The van der Waals surface area contributed by atoms with Crippen LogP contribution >= 0.6 is 0 Å². The smallest absolute Gasteiger partial charge is 0.387 e. The Morgan fingerprint density at radius 1 is 1.21 bits per heavy atom. The van der Waals surface area contributed by atoms with E-state index >= 15 is 0 Å². The number of alkyl halides is 2. The first-order chi connectivity index (χ1) is 9.02. The lowest BCUT2D eigenvalue weighted by Gasteiger charge is -2.08. The molecule has 7 heteroatoms. The highest BCUT2D eigenvalue weighted by molar-refractivity contribution is 5.59. The van der Waals surface area contributed by atoms with E-state index in [2.05, 4.69) is 20.0 Å². The molecule has 0 spiro atoms. The zero-order chi connectivity index (χ0) is 13.8. The van der Waals surface area contributed by atoms with Crippen molar-refractivity contribution in [3.8, 4) is 5.75 Å². The van der Waals surface area contributed by atoms with Gasteiger partial charge in [-0.2, -0.15) is 8.78 Å². The van der Waals surface area contributed by atoms with Crippen molar-refractivity contribution in [3.63, 3.8) is 0 Å². The molecule has 2 rings (SSSR count). The third-order valence-electron chi connectivity index (χ3n) is 2.21. The van der Waals surface area contributed by atoms with E-state index in [0.29, 0.717) is 23.1 Å². The second-order valence-electron chi connectivity index (χ2n) is 3.75. The largest absolute Gasteiger partial charge is 0.435 e. The maximum atomic E-state index is 12.0. The number of rotatable bonds is 4. The Hall–Kier alpha value is -2.44. The Labute approximate surface area is 108 Å². The monoisotopic (exact) mass is 266 g/mol. The summed E-state index contributed by atoms with van der Waals surface area (Å²) in [6.07, 6.45) is 0. The average molecular weight is 266 g/mol. The average Bonchev–Trinajstić information content (AvgIpc) is 2.29. The van der Waals surface area contributed by atoms with Crippen molar-refractivity contribution in [3.05, 3.63) is 36.2 Å². The van der Waals surface area contributed by atoms with Gasteiger partial charge in [-0.1, -0.05) is 0 Å². The molecule has 0 radical (unpaired) electrons. The second kappa shape index (κ2) is 5.47. The molecule has 0 aliphatic rings. The topological polar surface area (TPSA) is 73.1 Å². The van der Waals surface area contributed by atoms with Gasteiger partial charge in [0.15, 0.2) is 0 Å². The second-order valence-corrected chi connectivity index (χ2v) is 3.75.